The normalized spacial score (nSPS) is 12.3. The number of nitrogens with zero attached hydrogens (tertiary/aromatic N) is 2. The van der Waals surface area contributed by atoms with Gasteiger partial charge in [-0.05, 0) is 5.56 Å². The SMILES string of the molecule is CCC(=O)Cc1nc(C(OC)c2ccccc2)no1. The molecule has 19 heavy (non-hydrogen) atoms. The molecule has 0 radical (unpaired) electrons. The largest absolute Gasteiger partial charge is 0.369 e. The lowest BCUT2D eigenvalue weighted by Crippen LogP contribution is -2.06. The minimum absolute atomic E-state index is 0.0730. The fraction of sp³-hybridized carbons (Fsp3) is 0.357. The summed E-state index contributed by atoms with van der Waals surface area (Å²) in [5, 5.41) is 3.89. The quantitative estimate of drug-likeness (QED) is 0.797. The van der Waals surface area contributed by atoms with Gasteiger partial charge in [-0.25, -0.2) is 0 Å². The van der Waals surface area contributed by atoms with Crippen LogP contribution in [0.25, 0.3) is 0 Å². The Hall–Kier alpha value is -2.01. The topological polar surface area (TPSA) is 65.2 Å². The summed E-state index contributed by atoms with van der Waals surface area (Å²) in [6.45, 7) is 1.81. The Kier molecular flexibility index (Phi) is 4.41. The van der Waals surface area contributed by atoms with Gasteiger partial charge in [0.05, 0.1) is 6.42 Å². The molecule has 1 aromatic heterocycles. The van der Waals surface area contributed by atoms with Crippen molar-refractivity contribution in [2.75, 3.05) is 7.11 Å². The maximum atomic E-state index is 11.3. The van der Waals surface area contributed by atoms with E-state index in [9.17, 15) is 4.79 Å². The predicted molar refractivity (Wildman–Crippen MR) is 68.6 cm³/mol. The van der Waals surface area contributed by atoms with E-state index in [-0.39, 0.29) is 18.3 Å². The Bertz CT molecular complexity index is 537. The molecule has 0 aliphatic carbocycles. The molecule has 2 rings (SSSR count). The molecule has 1 aromatic carbocycles. The molecule has 1 atom stereocenters. The second-order valence-electron chi connectivity index (χ2n) is 4.14. The number of methoxy groups -OCH3 is 1. The molecule has 2 aromatic rings. The summed E-state index contributed by atoms with van der Waals surface area (Å²) in [4.78, 5) is 15.6. The highest BCUT2D eigenvalue weighted by molar-refractivity contribution is 5.79. The highest BCUT2D eigenvalue weighted by atomic mass is 16.5. The number of carbonyl (C=O) groups is 1. The van der Waals surface area contributed by atoms with Crippen molar-refractivity contribution in [2.24, 2.45) is 0 Å². The molecule has 0 saturated carbocycles. The van der Waals surface area contributed by atoms with Crippen LogP contribution in [0, 0.1) is 0 Å². The van der Waals surface area contributed by atoms with Gasteiger partial charge in [-0.15, -0.1) is 0 Å². The molecular formula is C14H16N2O3. The van der Waals surface area contributed by atoms with Crippen molar-refractivity contribution in [3.8, 4) is 0 Å². The van der Waals surface area contributed by atoms with Crippen molar-refractivity contribution in [3.05, 3.63) is 47.6 Å². The van der Waals surface area contributed by atoms with Gasteiger partial charge in [0.15, 0.2) is 0 Å². The molecule has 0 saturated heterocycles. The standard InChI is InChI=1S/C14H16N2O3/c1-3-11(17)9-12-15-14(16-19-12)13(18-2)10-7-5-4-6-8-10/h4-8,13H,3,9H2,1-2H3. The van der Waals surface area contributed by atoms with E-state index in [4.69, 9.17) is 9.26 Å². The van der Waals surface area contributed by atoms with Crippen LogP contribution < -0.4 is 0 Å². The zero-order chi connectivity index (χ0) is 13.7. The molecule has 0 bridgehead atoms. The third-order valence-corrected chi connectivity index (χ3v) is 2.80. The van der Waals surface area contributed by atoms with Crippen molar-refractivity contribution < 1.29 is 14.1 Å². The highest BCUT2D eigenvalue weighted by Gasteiger charge is 2.20. The number of aromatic nitrogens is 2. The summed E-state index contributed by atoms with van der Waals surface area (Å²) in [6, 6.07) is 9.63. The number of benzene rings is 1. The van der Waals surface area contributed by atoms with E-state index < -0.39 is 0 Å². The maximum absolute atomic E-state index is 11.3. The van der Waals surface area contributed by atoms with Gasteiger partial charge in [0.1, 0.15) is 11.9 Å². The van der Waals surface area contributed by atoms with Crippen LogP contribution in [0.1, 0.15) is 36.7 Å². The molecular weight excluding hydrogens is 244 g/mol. The van der Waals surface area contributed by atoms with Crippen LogP contribution in [0.5, 0.6) is 0 Å². The molecule has 5 heteroatoms. The average Bonchev–Trinajstić information content (AvgIpc) is 2.89. The van der Waals surface area contributed by atoms with Crippen molar-refractivity contribution >= 4 is 5.78 Å². The van der Waals surface area contributed by atoms with E-state index in [2.05, 4.69) is 10.1 Å². The lowest BCUT2D eigenvalue weighted by molar-refractivity contribution is -0.118. The van der Waals surface area contributed by atoms with Crippen LogP contribution in [0.15, 0.2) is 34.9 Å². The lowest BCUT2D eigenvalue weighted by Gasteiger charge is -2.10. The molecule has 0 aliphatic rings. The number of ether oxygens (including phenoxy) is 1. The van der Waals surface area contributed by atoms with E-state index in [0.717, 1.165) is 5.56 Å². The van der Waals surface area contributed by atoms with Crippen molar-refractivity contribution in [3.63, 3.8) is 0 Å². The van der Waals surface area contributed by atoms with Gasteiger partial charge < -0.3 is 9.26 Å². The van der Waals surface area contributed by atoms with Gasteiger partial charge in [0.25, 0.3) is 0 Å². The first-order valence-corrected chi connectivity index (χ1v) is 6.16. The number of hydrogen-bond donors (Lipinski definition) is 0. The number of carbonyl (C=O) groups excluding carboxylic acids is 1. The first kappa shape index (κ1) is 13.4. The molecule has 5 nitrogen and oxygen atoms in total. The number of Topliss-reactive ketones (excluding diaryl/α,β-unsaturated/α-hetero) is 1. The van der Waals surface area contributed by atoms with E-state index >= 15 is 0 Å². The van der Waals surface area contributed by atoms with E-state index in [1.54, 1.807) is 7.11 Å². The highest BCUT2D eigenvalue weighted by Crippen LogP contribution is 2.22. The van der Waals surface area contributed by atoms with E-state index in [0.29, 0.717) is 18.1 Å². The van der Waals surface area contributed by atoms with Crippen molar-refractivity contribution in [1.82, 2.24) is 10.1 Å². The Balaban J connectivity index is 2.18. The molecule has 100 valence electrons. The van der Waals surface area contributed by atoms with Crippen LogP contribution in [-0.4, -0.2) is 23.0 Å². The minimum atomic E-state index is -0.379. The molecule has 1 heterocycles. The Morgan fingerprint density at radius 1 is 1.37 bits per heavy atom. The molecule has 0 amide bonds. The second kappa shape index (κ2) is 6.24. The van der Waals surface area contributed by atoms with Gasteiger partial charge >= 0.3 is 0 Å². The molecule has 0 fully saturated rings. The fourth-order valence-corrected chi connectivity index (χ4v) is 1.76. The number of hydrogen-bond acceptors (Lipinski definition) is 5. The van der Waals surface area contributed by atoms with Crippen LogP contribution in [0.3, 0.4) is 0 Å². The monoisotopic (exact) mass is 260 g/mol. The predicted octanol–water partition coefficient (Wildman–Crippen LogP) is 2.33. The third-order valence-electron chi connectivity index (χ3n) is 2.80. The van der Waals surface area contributed by atoms with Gasteiger partial charge in [-0.1, -0.05) is 42.4 Å². The van der Waals surface area contributed by atoms with E-state index in [1.807, 2.05) is 37.3 Å². The maximum Gasteiger partial charge on any atom is 0.234 e. The molecule has 1 unspecified atom stereocenters. The van der Waals surface area contributed by atoms with Gasteiger partial charge in [0.2, 0.25) is 11.7 Å². The Morgan fingerprint density at radius 2 is 2.11 bits per heavy atom. The number of rotatable bonds is 6. The third kappa shape index (κ3) is 3.26. The van der Waals surface area contributed by atoms with Crippen molar-refractivity contribution in [2.45, 2.75) is 25.9 Å². The van der Waals surface area contributed by atoms with Crippen molar-refractivity contribution in [1.29, 1.82) is 0 Å². The van der Waals surface area contributed by atoms with Crippen LogP contribution in [0.2, 0.25) is 0 Å². The van der Waals surface area contributed by atoms with E-state index in [1.165, 1.54) is 0 Å². The molecule has 0 spiro atoms. The first-order valence-electron chi connectivity index (χ1n) is 6.16. The lowest BCUT2D eigenvalue weighted by atomic mass is 10.1. The Morgan fingerprint density at radius 3 is 2.74 bits per heavy atom. The number of ketones is 1. The summed E-state index contributed by atoms with van der Waals surface area (Å²) in [6.07, 6.45) is 0.258. The Labute approximate surface area is 111 Å². The van der Waals surface area contributed by atoms with Crippen LogP contribution >= 0.6 is 0 Å². The summed E-state index contributed by atoms with van der Waals surface area (Å²) >= 11 is 0. The van der Waals surface area contributed by atoms with Crippen LogP contribution in [-0.2, 0) is 16.0 Å². The summed E-state index contributed by atoms with van der Waals surface area (Å²) < 4.78 is 10.5. The summed E-state index contributed by atoms with van der Waals surface area (Å²) in [5.41, 5.74) is 0.944. The smallest absolute Gasteiger partial charge is 0.234 e. The minimum Gasteiger partial charge on any atom is -0.369 e. The zero-order valence-corrected chi connectivity index (χ0v) is 11.0. The van der Waals surface area contributed by atoms with Gasteiger partial charge in [-0.3, -0.25) is 4.79 Å². The average molecular weight is 260 g/mol. The summed E-state index contributed by atoms with van der Waals surface area (Å²) in [5.74, 6) is 0.844. The van der Waals surface area contributed by atoms with Gasteiger partial charge in [-0.2, -0.15) is 4.98 Å². The van der Waals surface area contributed by atoms with Crippen LogP contribution in [0.4, 0.5) is 0 Å². The first-order chi connectivity index (χ1) is 9.24. The second-order valence-corrected chi connectivity index (χ2v) is 4.14. The molecule has 0 N–H and O–H groups in total. The van der Waals surface area contributed by atoms with Gasteiger partial charge in [0, 0.05) is 13.5 Å². The molecule has 0 aliphatic heterocycles. The summed E-state index contributed by atoms with van der Waals surface area (Å²) in [7, 11) is 1.59. The fourth-order valence-electron chi connectivity index (χ4n) is 1.76. The zero-order valence-electron chi connectivity index (χ0n) is 11.0.